The summed E-state index contributed by atoms with van der Waals surface area (Å²) in [6.07, 6.45) is 0. The SMILES string of the molecule is Cc1ccccc1F.Cc1ccccc1F.Cc1ccccc1F. The summed E-state index contributed by atoms with van der Waals surface area (Å²) < 4.78 is 37.0. The Morgan fingerprint density at radius 1 is 0.417 bits per heavy atom. The number of aryl methyl sites for hydroxylation is 3. The zero-order chi connectivity index (χ0) is 17.9. The van der Waals surface area contributed by atoms with Crippen LogP contribution in [-0.4, -0.2) is 0 Å². The lowest BCUT2D eigenvalue weighted by Crippen LogP contribution is -1.76. The quantitative estimate of drug-likeness (QED) is 0.447. The standard InChI is InChI=1S/3C7H7F/c3*1-6-4-2-3-5-7(6)8/h3*2-5H,1H3. The molecule has 0 saturated carbocycles. The van der Waals surface area contributed by atoms with Crippen molar-refractivity contribution in [3.8, 4) is 0 Å². The summed E-state index contributed by atoms with van der Waals surface area (Å²) in [6, 6.07) is 20.1. The molecule has 0 aliphatic rings. The Morgan fingerprint density at radius 3 is 0.750 bits per heavy atom. The fourth-order valence-corrected chi connectivity index (χ4v) is 1.65. The van der Waals surface area contributed by atoms with Crippen molar-refractivity contribution in [1.82, 2.24) is 0 Å². The molecule has 0 radical (unpaired) electrons. The summed E-state index contributed by atoms with van der Waals surface area (Å²) in [4.78, 5) is 0. The van der Waals surface area contributed by atoms with Crippen molar-refractivity contribution < 1.29 is 13.2 Å². The molecule has 24 heavy (non-hydrogen) atoms. The average Bonchev–Trinajstić information content (AvgIpc) is 2.57. The van der Waals surface area contributed by atoms with Crippen molar-refractivity contribution in [2.24, 2.45) is 0 Å². The van der Waals surface area contributed by atoms with Gasteiger partial charge in [0.15, 0.2) is 0 Å². The third-order valence-electron chi connectivity index (χ3n) is 3.23. The lowest BCUT2D eigenvalue weighted by atomic mass is 10.2. The van der Waals surface area contributed by atoms with Crippen LogP contribution in [0, 0.1) is 38.2 Å². The van der Waals surface area contributed by atoms with Gasteiger partial charge in [0.05, 0.1) is 0 Å². The maximum atomic E-state index is 12.3. The van der Waals surface area contributed by atoms with E-state index in [1.165, 1.54) is 18.2 Å². The van der Waals surface area contributed by atoms with Gasteiger partial charge >= 0.3 is 0 Å². The van der Waals surface area contributed by atoms with Gasteiger partial charge in [-0.1, -0.05) is 54.6 Å². The van der Waals surface area contributed by atoms with Crippen LogP contribution in [0.15, 0.2) is 72.8 Å². The normalized spacial score (nSPS) is 9.25. The summed E-state index contributed by atoms with van der Waals surface area (Å²) in [5, 5.41) is 0. The van der Waals surface area contributed by atoms with E-state index in [4.69, 9.17) is 0 Å². The van der Waals surface area contributed by atoms with E-state index >= 15 is 0 Å². The number of halogens is 3. The molecule has 0 aliphatic carbocycles. The first-order valence-corrected chi connectivity index (χ1v) is 7.55. The summed E-state index contributed by atoms with van der Waals surface area (Å²) in [6.45, 7) is 5.24. The molecule has 0 aromatic heterocycles. The molecule has 0 fully saturated rings. The van der Waals surface area contributed by atoms with E-state index in [9.17, 15) is 13.2 Å². The van der Waals surface area contributed by atoms with Gasteiger partial charge < -0.3 is 0 Å². The van der Waals surface area contributed by atoms with Crippen molar-refractivity contribution in [2.45, 2.75) is 20.8 Å². The van der Waals surface area contributed by atoms with Gasteiger partial charge in [-0.25, -0.2) is 13.2 Å². The highest BCUT2D eigenvalue weighted by molar-refractivity contribution is 5.15. The van der Waals surface area contributed by atoms with Crippen LogP contribution in [0.4, 0.5) is 13.2 Å². The summed E-state index contributed by atoms with van der Waals surface area (Å²) in [5.41, 5.74) is 2.10. The zero-order valence-corrected chi connectivity index (χ0v) is 14.1. The van der Waals surface area contributed by atoms with E-state index in [0.29, 0.717) is 16.7 Å². The molecular weight excluding hydrogens is 309 g/mol. The van der Waals surface area contributed by atoms with Gasteiger partial charge in [0, 0.05) is 0 Å². The fourth-order valence-electron chi connectivity index (χ4n) is 1.65. The topological polar surface area (TPSA) is 0 Å². The minimum atomic E-state index is -0.132. The minimum absolute atomic E-state index is 0.132. The Kier molecular flexibility index (Phi) is 8.34. The second-order valence-corrected chi connectivity index (χ2v) is 5.25. The molecule has 3 aromatic rings. The summed E-state index contributed by atoms with van der Waals surface area (Å²) >= 11 is 0. The van der Waals surface area contributed by atoms with Crippen molar-refractivity contribution in [1.29, 1.82) is 0 Å². The molecule has 0 spiro atoms. The van der Waals surface area contributed by atoms with Crippen LogP contribution in [0.25, 0.3) is 0 Å². The molecule has 3 rings (SSSR count). The number of benzene rings is 3. The first kappa shape index (κ1) is 19.5. The van der Waals surface area contributed by atoms with Crippen LogP contribution < -0.4 is 0 Å². The van der Waals surface area contributed by atoms with E-state index < -0.39 is 0 Å². The maximum absolute atomic E-state index is 12.3. The van der Waals surface area contributed by atoms with Gasteiger partial charge in [-0.2, -0.15) is 0 Å². The molecule has 126 valence electrons. The summed E-state index contributed by atoms with van der Waals surface area (Å²) in [5.74, 6) is -0.396. The van der Waals surface area contributed by atoms with Gasteiger partial charge in [-0.3, -0.25) is 0 Å². The second kappa shape index (κ2) is 10.3. The minimum Gasteiger partial charge on any atom is -0.207 e. The molecular formula is C21H21F3. The van der Waals surface area contributed by atoms with E-state index in [2.05, 4.69) is 0 Å². The summed E-state index contributed by atoms with van der Waals surface area (Å²) in [7, 11) is 0. The predicted octanol–water partition coefficient (Wildman–Crippen LogP) is 6.40. The monoisotopic (exact) mass is 330 g/mol. The molecule has 0 amide bonds. The van der Waals surface area contributed by atoms with Gasteiger partial charge in [0.2, 0.25) is 0 Å². The molecule has 3 heteroatoms. The first-order valence-electron chi connectivity index (χ1n) is 7.55. The fraction of sp³-hybridized carbons (Fsp3) is 0.143. The van der Waals surface area contributed by atoms with Crippen LogP contribution in [0.1, 0.15) is 16.7 Å². The van der Waals surface area contributed by atoms with Gasteiger partial charge in [-0.15, -0.1) is 0 Å². The third kappa shape index (κ3) is 7.14. The highest BCUT2D eigenvalue weighted by Gasteiger charge is 1.90. The zero-order valence-electron chi connectivity index (χ0n) is 14.1. The first-order chi connectivity index (χ1) is 11.4. The predicted molar refractivity (Wildman–Crippen MR) is 93.4 cm³/mol. The van der Waals surface area contributed by atoms with E-state index in [1.807, 2.05) is 18.2 Å². The molecule has 0 atom stereocenters. The average molecular weight is 330 g/mol. The molecule has 0 nitrogen and oxygen atoms in total. The van der Waals surface area contributed by atoms with E-state index in [0.717, 1.165) is 0 Å². The Hall–Kier alpha value is -2.55. The number of hydrogen-bond donors (Lipinski definition) is 0. The largest absolute Gasteiger partial charge is 0.207 e. The number of rotatable bonds is 0. The van der Waals surface area contributed by atoms with Gasteiger partial charge in [0.25, 0.3) is 0 Å². The second-order valence-electron chi connectivity index (χ2n) is 5.25. The third-order valence-corrected chi connectivity index (χ3v) is 3.23. The van der Waals surface area contributed by atoms with Crippen LogP contribution in [0.2, 0.25) is 0 Å². The van der Waals surface area contributed by atoms with Crippen molar-refractivity contribution in [3.63, 3.8) is 0 Å². The molecule has 3 aromatic carbocycles. The molecule has 0 aliphatic heterocycles. The molecule has 0 bridgehead atoms. The van der Waals surface area contributed by atoms with Gasteiger partial charge in [-0.05, 0) is 55.7 Å². The molecule has 0 saturated heterocycles. The van der Waals surface area contributed by atoms with E-state index in [-0.39, 0.29) is 17.5 Å². The Labute approximate surface area is 141 Å². The molecule has 0 unspecified atom stereocenters. The van der Waals surface area contributed by atoms with Crippen molar-refractivity contribution >= 4 is 0 Å². The van der Waals surface area contributed by atoms with Crippen molar-refractivity contribution in [2.75, 3.05) is 0 Å². The molecule has 0 heterocycles. The maximum Gasteiger partial charge on any atom is 0.126 e. The van der Waals surface area contributed by atoms with Crippen LogP contribution in [0.3, 0.4) is 0 Å². The Morgan fingerprint density at radius 2 is 0.625 bits per heavy atom. The smallest absolute Gasteiger partial charge is 0.126 e. The van der Waals surface area contributed by atoms with Crippen molar-refractivity contribution in [3.05, 3.63) is 107 Å². The highest BCUT2D eigenvalue weighted by atomic mass is 19.1. The lowest BCUT2D eigenvalue weighted by molar-refractivity contribution is 0.618. The number of hydrogen-bond acceptors (Lipinski definition) is 0. The molecule has 0 N–H and O–H groups in total. The Balaban J connectivity index is 0.000000180. The highest BCUT2D eigenvalue weighted by Crippen LogP contribution is 2.03. The van der Waals surface area contributed by atoms with Crippen LogP contribution >= 0.6 is 0 Å². The Bertz CT molecular complexity index is 585. The lowest BCUT2D eigenvalue weighted by Gasteiger charge is -1.89. The van der Waals surface area contributed by atoms with Gasteiger partial charge in [0.1, 0.15) is 17.5 Å². The van der Waals surface area contributed by atoms with Crippen LogP contribution in [0.5, 0.6) is 0 Å². The van der Waals surface area contributed by atoms with Crippen LogP contribution in [-0.2, 0) is 0 Å². The van der Waals surface area contributed by atoms with E-state index in [1.54, 1.807) is 57.2 Å².